The highest BCUT2D eigenvalue weighted by molar-refractivity contribution is 7.19. The van der Waals surface area contributed by atoms with Crippen molar-refractivity contribution in [3.8, 4) is 0 Å². The maximum Gasteiger partial charge on any atom is 0.0349 e. The highest BCUT2D eigenvalue weighted by Crippen LogP contribution is 2.33. The van der Waals surface area contributed by atoms with E-state index in [1.165, 1.54) is 34.5 Å². The Morgan fingerprint density at radius 3 is 2.62 bits per heavy atom. The van der Waals surface area contributed by atoms with Crippen LogP contribution in [0.1, 0.15) is 30.7 Å². The molecule has 0 saturated carbocycles. The van der Waals surface area contributed by atoms with Crippen LogP contribution in [0.3, 0.4) is 0 Å². The molecule has 1 N–H and O–H groups in total. The lowest BCUT2D eigenvalue weighted by Gasteiger charge is -2.35. The lowest BCUT2D eigenvalue weighted by molar-refractivity contribution is 0.134. The minimum Gasteiger partial charge on any atom is -0.315 e. The molecule has 21 heavy (non-hydrogen) atoms. The molecule has 114 valence electrons. The molecule has 0 amide bonds. The summed E-state index contributed by atoms with van der Waals surface area (Å²) >= 11 is 1.95. The van der Waals surface area contributed by atoms with Gasteiger partial charge in [-0.25, -0.2) is 0 Å². The lowest BCUT2D eigenvalue weighted by atomic mass is 9.91. The second kappa shape index (κ2) is 6.47. The Labute approximate surface area is 132 Å². The minimum atomic E-state index is 0.825. The number of thiophene rings is 1. The molecular formula is C18H26N2S. The molecule has 0 radical (unpaired) electrons. The van der Waals surface area contributed by atoms with Gasteiger partial charge in [-0.3, -0.25) is 4.90 Å². The standard InChI is InChI=1S/C18H26N2S/c1-13-8-14(2)11-20(10-13)12-16-15-6-4-5-7-17(15)21-18(16)9-19-3/h4-7,13-14,19H,8-12H2,1-3H3. The van der Waals surface area contributed by atoms with Crippen molar-refractivity contribution in [3.05, 3.63) is 34.7 Å². The van der Waals surface area contributed by atoms with Gasteiger partial charge in [-0.15, -0.1) is 11.3 Å². The molecule has 1 fully saturated rings. The van der Waals surface area contributed by atoms with Crippen molar-refractivity contribution in [2.75, 3.05) is 20.1 Å². The molecule has 1 aromatic carbocycles. The van der Waals surface area contributed by atoms with Crippen LogP contribution in [0.2, 0.25) is 0 Å². The summed E-state index contributed by atoms with van der Waals surface area (Å²) in [6.07, 6.45) is 1.38. The van der Waals surface area contributed by atoms with Crippen LogP contribution >= 0.6 is 11.3 Å². The number of hydrogen-bond donors (Lipinski definition) is 1. The van der Waals surface area contributed by atoms with Gasteiger partial charge < -0.3 is 5.32 Å². The smallest absolute Gasteiger partial charge is 0.0349 e. The van der Waals surface area contributed by atoms with Gasteiger partial charge in [0, 0.05) is 35.8 Å². The van der Waals surface area contributed by atoms with Crippen LogP contribution in [0.5, 0.6) is 0 Å². The maximum absolute atomic E-state index is 3.33. The van der Waals surface area contributed by atoms with E-state index in [-0.39, 0.29) is 0 Å². The zero-order chi connectivity index (χ0) is 14.8. The van der Waals surface area contributed by atoms with Crippen LogP contribution in [-0.4, -0.2) is 25.0 Å². The second-order valence-electron chi connectivity index (χ2n) is 6.67. The molecular weight excluding hydrogens is 276 g/mol. The van der Waals surface area contributed by atoms with E-state index in [9.17, 15) is 0 Å². The fourth-order valence-corrected chi connectivity index (χ4v) is 5.00. The van der Waals surface area contributed by atoms with Crippen LogP contribution in [-0.2, 0) is 13.1 Å². The van der Waals surface area contributed by atoms with Crippen molar-refractivity contribution in [3.63, 3.8) is 0 Å². The Balaban J connectivity index is 1.89. The van der Waals surface area contributed by atoms with E-state index >= 15 is 0 Å². The number of piperidine rings is 1. The number of fused-ring (bicyclic) bond motifs is 1. The van der Waals surface area contributed by atoms with Gasteiger partial charge >= 0.3 is 0 Å². The third-order valence-electron chi connectivity index (χ3n) is 4.45. The average Bonchev–Trinajstić information content (AvgIpc) is 2.76. The SMILES string of the molecule is CNCc1sc2ccccc2c1CN1CC(C)CC(C)C1. The fourth-order valence-electron chi connectivity index (χ4n) is 3.77. The Kier molecular flexibility index (Phi) is 4.63. The molecule has 1 saturated heterocycles. The van der Waals surface area contributed by atoms with Crippen molar-refractivity contribution >= 4 is 21.4 Å². The molecule has 1 aromatic heterocycles. The van der Waals surface area contributed by atoms with E-state index < -0.39 is 0 Å². The van der Waals surface area contributed by atoms with E-state index in [4.69, 9.17) is 0 Å². The molecule has 2 nitrogen and oxygen atoms in total. The fraction of sp³-hybridized carbons (Fsp3) is 0.556. The molecule has 1 aliphatic heterocycles. The van der Waals surface area contributed by atoms with E-state index in [2.05, 4.69) is 48.3 Å². The summed E-state index contributed by atoms with van der Waals surface area (Å²) in [6.45, 7) is 9.36. The first-order valence-electron chi connectivity index (χ1n) is 8.03. The topological polar surface area (TPSA) is 15.3 Å². The highest BCUT2D eigenvalue weighted by atomic mass is 32.1. The zero-order valence-electron chi connectivity index (χ0n) is 13.4. The van der Waals surface area contributed by atoms with Crippen LogP contribution in [0, 0.1) is 11.8 Å². The minimum absolute atomic E-state index is 0.825. The van der Waals surface area contributed by atoms with Crippen LogP contribution in [0.4, 0.5) is 0 Å². The number of rotatable bonds is 4. The van der Waals surface area contributed by atoms with Crippen molar-refractivity contribution < 1.29 is 0 Å². The Hall–Kier alpha value is -0.900. The summed E-state index contributed by atoms with van der Waals surface area (Å²) in [7, 11) is 2.04. The third-order valence-corrected chi connectivity index (χ3v) is 5.66. The molecule has 2 atom stereocenters. The predicted octanol–water partition coefficient (Wildman–Crippen LogP) is 4.10. The second-order valence-corrected chi connectivity index (χ2v) is 7.81. The number of hydrogen-bond acceptors (Lipinski definition) is 3. The van der Waals surface area contributed by atoms with E-state index in [0.29, 0.717) is 0 Å². The normalized spacial score (nSPS) is 23.8. The predicted molar refractivity (Wildman–Crippen MR) is 92.8 cm³/mol. The quantitative estimate of drug-likeness (QED) is 0.915. The Morgan fingerprint density at radius 2 is 1.90 bits per heavy atom. The summed E-state index contributed by atoms with van der Waals surface area (Å²) in [5.41, 5.74) is 1.55. The average molecular weight is 302 g/mol. The number of likely N-dealkylation sites (tertiary alicyclic amines) is 1. The summed E-state index contributed by atoms with van der Waals surface area (Å²) in [5, 5.41) is 4.79. The molecule has 3 heteroatoms. The molecule has 2 heterocycles. The molecule has 0 aliphatic carbocycles. The van der Waals surface area contributed by atoms with Gasteiger partial charge in [0.05, 0.1) is 0 Å². The third kappa shape index (κ3) is 3.31. The van der Waals surface area contributed by atoms with Crippen molar-refractivity contribution in [1.82, 2.24) is 10.2 Å². The first-order chi connectivity index (χ1) is 10.2. The largest absolute Gasteiger partial charge is 0.315 e. The van der Waals surface area contributed by atoms with Crippen LogP contribution in [0.15, 0.2) is 24.3 Å². The van der Waals surface area contributed by atoms with E-state index in [1.807, 2.05) is 18.4 Å². The summed E-state index contributed by atoms with van der Waals surface area (Å²) in [4.78, 5) is 4.16. The van der Waals surface area contributed by atoms with Crippen molar-refractivity contribution in [1.29, 1.82) is 0 Å². The number of benzene rings is 1. The van der Waals surface area contributed by atoms with Crippen molar-refractivity contribution in [2.24, 2.45) is 11.8 Å². The summed E-state index contributed by atoms with van der Waals surface area (Å²) in [6, 6.07) is 8.86. The maximum atomic E-state index is 3.33. The van der Waals surface area contributed by atoms with Crippen LogP contribution < -0.4 is 5.32 Å². The molecule has 1 aliphatic rings. The monoisotopic (exact) mass is 302 g/mol. The van der Waals surface area contributed by atoms with E-state index in [0.717, 1.165) is 24.9 Å². The molecule has 0 bridgehead atoms. The first-order valence-corrected chi connectivity index (χ1v) is 8.85. The van der Waals surface area contributed by atoms with Crippen molar-refractivity contribution in [2.45, 2.75) is 33.4 Å². The Bertz CT molecular complexity index is 594. The van der Waals surface area contributed by atoms with E-state index in [1.54, 1.807) is 5.56 Å². The molecule has 0 spiro atoms. The molecule has 3 rings (SSSR count). The Morgan fingerprint density at radius 1 is 1.19 bits per heavy atom. The van der Waals surface area contributed by atoms with Gasteiger partial charge in [-0.1, -0.05) is 32.0 Å². The van der Waals surface area contributed by atoms with Gasteiger partial charge in [-0.05, 0) is 42.3 Å². The number of nitrogens with one attached hydrogen (secondary N) is 1. The highest BCUT2D eigenvalue weighted by Gasteiger charge is 2.23. The molecule has 2 aromatic rings. The van der Waals surface area contributed by atoms with Gasteiger partial charge in [0.15, 0.2) is 0 Å². The van der Waals surface area contributed by atoms with Gasteiger partial charge in [0.1, 0.15) is 0 Å². The van der Waals surface area contributed by atoms with Gasteiger partial charge in [0.25, 0.3) is 0 Å². The van der Waals surface area contributed by atoms with Crippen LogP contribution in [0.25, 0.3) is 10.1 Å². The zero-order valence-corrected chi connectivity index (χ0v) is 14.2. The molecule has 2 unspecified atom stereocenters. The summed E-state index contributed by atoms with van der Waals surface area (Å²) in [5.74, 6) is 1.65. The van der Waals surface area contributed by atoms with Gasteiger partial charge in [-0.2, -0.15) is 0 Å². The first kappa shape index (κ1) is 15.0. The lowest BCUT2D eigenvalue weighted by Crippen LogP contribution is -2.38. The van der Waals surface area contributed by atoms with Gasteiger partial charge in [0.2, 0.25) is 0 Å². The number of nitrogens with zero attached hydrogens (tertiary/aromatic N) is 1. The summed E-state index contributed by atoms with van der Waals surface area (Å²) < 4.78 is 1.43.